The number of methoxy groups -OCH3 is 2. The van der Waals surface area contributed by atoms with Crippen LogP contribution < -0.4 is 23.8 Å². The molecule has 10 heteroatoms. The molecule has 172 valence electrons. The smallest absolute Gasteiger partial charge is 0.267 e. The summed E-state index contributed by atoms with van der Waals surface area (Å²) in [6.07, 6.45) is -1.13. The van der Waals surface area contributed by atoms with Crippen LogP contribution in [0.5, 0.6) is 17.2 Å². The summed E-state index contributed by atoms with van der Waals surface area (Å²) in [7, 11) is -1.00. The minimum Gasteiger partial charge on any atom is -0.497 e. The summed E-state index contributed by atoms with van der Waals surface area (Å²) >= 11 is 6.12. The van der Waals surface area contributed by atoms with Crippen LogP contribution in [0.3, 0.4) is 0 Å². The van der Waals surface area contributed by atoms with E-state index in [0.29, 0.717) is 22.2 Å². The van der Waals surface area contributed by atoms with Gasteiger partial charge in [0.1, 0.15) is 17.2 Å². The highest BCUT2D eigenvalue weighted by Crippen LogP contribution is 2.39. The van der Waals surface area contributed by atoms with Gasteiger partial charge in [0, 0.05) is 11.1 Å². The Morgan fingerprint density at radius 1 is 1.06 bits per heavy atom. The topological polar surface area (TPSA) is 94.2 Å². The molecule has 0 saturated carbocycles. The van der Waals surface area contributed by atoms with Crippen molar-refractivity contribution in [1.29, 1.82) is 0 Å². The number of anilines is 2. The maximum atomic E-state index is 13.4. The van der Waals surface area contributed by atoms with E-state index in [1.807, 2.05) is 0 Å². The summed E-state index contributed by atoms with van der Waals surface area (Å²) in [6, 6.07) is 17.5. The number of hydrogen-bond donors (Lipinski definition) is 1. The number of halogens is 1. The van der Waals surface area contributed by atoms with Gasteiger partial charge in [0.25, 0.3) is 15.9 Å². The number of nitrogens with one attached hydrogen (secondary N) is 1. The zero-order valence-corrected chi connectivity index (χ0v) is 19.4. The Bertz CT molecular complexity index is 1280. The van der Waals surface area contributed by atoms with Crippen LogP contribution in [-0.4, -0.2) is 41.2 Å². The van der Waals surface area contributed by atoms with E-state index in [1.165, 1.54) is 38.5 Å². The first-order chi connectivity index (χ1) is 15.8. The van der Waals surface area contributed by atoms with Crippen molar-refractivity contribution in [2.24, 2.45) is 0 Å². The highest BCUT2D eigenvalue weighted by atomic mass is 35.5. The Balaban J connectivity index is 1.69. The molecule has 0 aliphatic carbocycles. The molecule has 1 N–H and O–H groups in total. The van der Waals surface area contributed by atoms with Gasteiger partial charge in [-0.1, -0.05) is 29.8 Å². The lowest BCUT2D eigenvalue weighted by Gasteiger charge is -2.35. The summed E-state index contributed by atoms with van der Waals surface area (Å²) in [6.45, 7) is -0.247. The van der Waals surface area contributed by atoms with Gasteiger partial charge >= 0.3 is 0 Å². The van der Waals surface area contributed by atoms with E-state index in [1.54, 1.807) is 42.5 Å². The Morgan fingerprint density at radius 2 is 1.82 bits per heavy atom. The van der Waals surface area contributed by atoms with E-state index in [-0.39, 0.29) is 22.9 Å². The molecule has 0 radical (unpaired) electrons. The average Bonchev–Trinajstić information content (AvgIpc) is 2.83. The highest BCUT2D eigenvalue weighted by Gasteiger charge is 2.38. The molecule has 1 atom stereocenters. The van der Waals surface area contributed by atoms with Gasteiger partial charge in [0.15, 0.2) is 6.10 Å². The van der Waals surface area contributed by atoms with Gasteiger partial charge in [0.2, 0.25) is 0 Å². The van der Waals surface area contributed by atoms with Gasteiger partial charge in [-0.05, 0) is 42.5 Å². The first-order valence-electron chi connectivity index (χ1n) is 9.90. The summed E-state index contributed by atoms with van der Waals surface area (Å²) in [5, 5.41) is 3.09. The number of rotatable bonds is 6. The maximum absolute atomic E-state index is 13.4. The Labute approximate surface area is 196 Å². The molecular formula is C23H21ClN2O6S. The van der Waals surface area contributed by atoms with Crippen molar-refractivity contribution in [2.45, 2.75) is 11.0 Å². The number of carbonyl (C=O) groups excluding carboxylic acids is 1. The Morgan fingerprint density at radius 3 is 2.52 bits per heavy atom. The van der Waals surface area contributed by atoms with E-state index in [4.69, 9.17) is 25.8 Å². The predicted octanol–water partition coefficient (Wildman–Crippen LogP) is 3.95. The third-order valence-corrected chi connectivity index (χ3v) is 7.11. The first-order valence-corrected chi connectivity index (χ1v) is 11.7. The van der Waals surface area contributed by atoms with Crippen LogP contribution in [0.1, 0.15) is 0 Å². The molecule has 0 unspecified atom stereocenters. The highest BCUT2D eigenvalue weighted by molar-refractivity contribution is 7.92. The molecule has 8 nitrogen and oxygen atoms in total. The van der Waals surface area contributed by atoms with Crippen molar-refractivity contribution < 1.29 is 27.4 Å². The van der Waals surface area contributed by atoms with Gasteiger partial charge in [0.05, 0.1) is 37.0 Å². The number of carbonyl (C=O) groups is 1. The molecular weight excluding hydrogens is 468 g/mol. The fourth-order valence-corrected chi connectivity index (χ4v) is 5.09. The lowest BCUT2D eigenvalue weighted by Crippen LogP contribution is -2.48. The third-order valence-electron chi connectivity index (χ3n) is 5.08. The molecule has 3 aromatic carbocycles. The first kappa shape index (κ1) is 22.8. The molecule has 0 bridgehead atoms. The number of fused-ring (bicyclic) bond motifs is 1. The van der Waals surface area contributed by atoms with Crippen LogP contribution >= 0.6 is 11.6 Å². The van der Waals surface area contributed by atoms with Gasteiger partial charge in [-0.25, -0.2) is 8.42 Å². The largest absolute Gasteiger partial charge is 0.497 e. The summed E-state index contributed by atoms with van der Waals surface area (Å²) in [5.41, 5.74) is 0.624. The monoisotopic (exact) mass is 488 g/mol. The molecule has 33 heavy (non-hydrogen) atoms. The zero-order valence-electron chi connectivity index (χ0n) is 17.8. The minimum atomic E-state index is -3.98. The van der Waals surface area contributed by atoms with E-state index in [9.17, 15) is 13.2 Å². The quantitative estimate of drug-likeness (QED) is 0.564. The fraction of sp³-hybridized carbons (Fsp3) is 0.174. The normalized spacial score (nSPS) is 15.2. The van der Waals surface area contributed by atoms with Crippen LogP contribution in [-0.2, 0) is 14.8 Å². The SMILES string of the molecule is COc1ccc(OC)c(NC(=O)[C@@H]2CN(S(=O)(=O)c3ccccc3)c3cc(Cl)ccc3O2)c1. The second-order valence-electron chi connectivity index (χ2n) is 7.12. The second kappa shape index (κ2) is 9.21. The lowest BCUT2D eigenvalue weighted by molar-refractivity contribution is -0.122. The zero-order chi connectivity index (χ0) is 23.6. The molecule has 0 saturated heterocycles. The number of ether oxygens (including phenoxy) is 3. The van der Waals surface area contributed by atoms with Crippen molar-refractivity contribution in [2.75, 3.05) is 30.4 Å². The predicted molar refractivity (Wildman–Crippen MR) is 125 cm³/mol. The molecule has 0 aromatic heterocycles. The standard InChI is InChI=1S/C23H21ClN2O6S/c1-30-16-9-11-20(31-2)18(13-16)25-23(27)22-14-26(19-12-15(24)8-10-21(19)32-22)33(28,29)17-6-4-3-5-7-17/h3-13,22H,14H2,1-2H3,(H,25,27)/t22-/m0/s1. The molecule has 0 spiro atoms. The Hall–Kier alpha value is -3.43. The molecule has 1 amide bonds. The lowest BCUT2D eigenvalue weighted by atomic mass is 10.2. The van der Waals surface area contributed by atoms with Crippen LogP contribution in [0, 0.1) is 0 Å². The fourth-order valence-electron chi connectivity index (χ4n) is 3.43. The maximum Gasteiger partial charge on any atom is 0.267 e. The second-order valence-corrected chi connectivity index (χ2v) is 9.42. The molecule has 0 fully saturated rings. The third kappa shape index (κ3) is 4.55. The molecule has 1 heterocycles. The Kier molecular flexibility index (Phi) is 6.35. The number of nitrogens with zero attached hydrogens (tertiary/aromatic N) is 1. The van der Waals surface area contributed by atoms with Crippen molar-refractivity contribution in [3.05, 3.63) is 71.8 Å². The number of hydrogen-bond acceptors (Lipinski definition) is 6. The van der Waals surface area contributed by atoms with Crippen molar-refractivity contribution in [3.63, 3.8) is 0 Å². The number of sulfonamides is 1. The van der Waals surface area contributed by atoms with Crippen LogP contribution in [0.2, 0.25) is 5.02 Å². The van der Waals surface area contributed by atoms with Crippen LogP contribution in [0.25, 0.3) is 0 Å². The molecule has 3 aromatic rings. The summed E-state index contributed by atoms with van der Waals surface area (Å²) < 4.78 is 44.4. The van der Waals surface area contributed by atoms with Gasteiger partial charge < -0.3 is 19.5 Å². The van der Waals surface area contributed by atoms with Crippen LogP contribution in [0.4, 0.5) is 11.4 Å². The van der Waals surface area contributed by atoms with E-state index >= 15 is 0 Å². The van der Waals surface area contributed by atoms with E-state index in [0.717, 1.165) is 4.31 Å². The summed E-state index contributed by atoms with van der Waals surface area (Å²) in [4.78, 5) is 13.2. The summed E-state index contributed by atoms with van der Waals surface area (Å²) in [5.74, 6) is 0.614. The van der Waals surface area contributed by atoms with Crippen molar-refractivity contribution in [3.8, 4) is 17.2 Å². The average molecular weight is 489 g/mol. The van der Waals surface area contributed by atoms with E-state index in [2.05, 4.69) is 5.32 Å². The minimum absolute atomic E-state index is 0.0893. The van der Waals surface area contributed by atoms with Gasteiger partial charge in [-0.15, -0.1) is 0 Å². The van der Waals surface area contributed by atoms with Crippen molar-refractivity contribution >= 4 is 38.9 Å². The molecule has 4 rings (SSSR count). The van der Waals surface area contributed by atoms with Gasteiger partial charge in [-0.2, -0.15) is 0 Å². The number of benzene rings is 3. The number of amides is 1. The van der Waals surface area contributed by atoms with Gasteiger partial charge in [-0.3, -0.25) is 9.10 Å². The molecule has 1 aliphatic heterocycles. The van der Waals surface area contributed by atoms with Crippen LogP contribution in [0.15, 0.2) is 71.6 Å². The van der Waals surface area contributed by atoms with E-state index < -0.39 is 22.0 Å². The molecule has 1 aliphatic rings. The van der Waals surface area contributed by atoms with Crippen molar-refractivity contribution in [1.82, 2.24) is 0 Å².